The number of benzene rings is 1. The van der Waals surface area contributed by atoms with E-state index in [1.807, 2.05) is 38.1 Å². The summed E-state index contributed by atoms with van der Waals surface area (Å²) in [5.74, 6) is 0.498. The van der Waals surface area contributed by atoms with E-state index in [0.717, 1.165) is 16.8 Å². The first-order valence-electron chi connectivity index (χ1n) is 6.91. The van der Waals surface area contributed by atoms with Gasteiger partial charge in [0.15, 0.2) is 5.65 Å². The predicted molar refractivity (Wildman–Crippen MR) is 86.6 cm³/mol. The molecule has 0 saturated heterocycles. The highest BCUT2D eigenvalue weighted by atomic mass is 35.5. The number of aromatic nitrogens is 4. The molecule has 2 aromatic heterocycles. The number of rotatable bonds is 4. The van der Waals surface area contributed by atoms with Gasteiger partial charge in [-0.15, -0.1) is 10.2 Å². The van der Waals surface area contributed by atoms with E-state index in [9.17, 15) is 0 Å². The summed E-state index contributed by atoms with van der Waals surface area (Å²) in [6, 6.07) is 7.55. The monoisotopic (exact) mass is 314 g/mol. The quantitative estimate of drug-likeness (QED) is 0.688. The fraction of sp³-hybridized carbons (Fsp3) is 0.188. The van der Waals surface area contributed by atoms with E-state index in [0.29, 0.717) is 28.7 Å². The van der Waals surface area contributed by atoms with Gasteiger partial charge in [-0.2, -0.15) is 5.10 Å². The van der Waals surface area contributed by atoms with E-state index in [1.54, 1.807) is 10.7 Å². The topological polar surface area (TPSA) is 52.3 Å². The van der Waals surface area contributed by atoms with Gasteiger partial charge in [0.1, 0.15) is 11.5 Å². The molecule has 5 nitrogen and oxygen atoms in total. The zero-order valence-corrected chi connectivity index (χ0v) is 13.1. The number of hydrogen-bond donors (Lipinski definition) is 0. The van der Waals surface area contributed by atoms with Gasteiger partial charge in [-0.25, -0.2) is 4.52 Å². The zero-order valence-electron chi connectivity index (χ0n) is 12.4. The first kappa shape index (κ1) is 14.5. The van der Waals surface area contributed by atoms with Crippen molar-refractivity contribution < 1.29 is 4.74 Å². The predicted octanol–water partition coefficient (Wildman–Crippen LogP) is 3.76. The number of hydrogen-bond acceptors (Lipinski definition) is 4. The van der Waals surface area contributed by atoms with E-state index in [2.05, 4.69) is 21.9 Å². The van der Waals surface area contributed by atoms with Gasteiger partial charge in [0.05, 0.1) is 18.5 Å². The Bertz CT molecular complexity index is 839. The molecule has 0 aliphatic rings. The van der Waals surface area contributed by atoms with Crippen LogP contribution < -0.4 is 0 Å². The minimum atomic E-state index is 0.498. The summed E-state index contributed by atoms with van der Waals surface area (Å²) in [6.45, 7) is 8.23. The lowest BCUT2D eigenvalue weighted by molar-refractivity contribution is 0.296. The van der Waals surface area contributed by atoms with Gasteiger partial charge in [-0.05, 0) is 31.5 Å². The van der Waals surface area contributed by atoms with Gasteiger partial charge in [0, 0.05) is 10.6 Å². The molecular formula is C16H15ClN4O. The fourth-order valence-electron chi connectivity index (χ4n) is 2.29. The third-order valence-electron chi connectivity index (χ3n) is 3.39. The maximum absolute atomic E-state index is 5.93. The van der Waals surface area contributed by atoms with Gasteiger partial charge < -0.3 is 4.74 Å². The number of aryl methyl sites for hydroxylation is 1. The Kier molecular flexibility index (Phi) is 3.81. The van der Waals surface area contributed by atoms with Crippen LogP contribution >= 0.6 is 11.6 Å². The summed E-state index contributed by atoms with van der Waals surface area (Å²) in [6.07, 6.45) is 1.77. The highest BCUT2D eigenvalue weighted by Gasteiger charge is 2.15. The van der Waals surface area contributed by atoms with Crippen LogP contribution in [-0.2, 0) is 4.74 Å². The molecule has 112 valence electrons. The molecule has 0 spiro atoms. The third-order valence-corrected chi connectivity index (χ3v) is 3.64. The molecule has 0 unspecified atom stereocenters. The second-order valence-corrected chi connectivity index (χ2v) is 5.23. The lowest BCUT2D eigenvalue weighted by Gasteiger charge is -2.09. The van der Waals surface area contributed by atoms with E-state index >= 15 is 0 Å². The molecule has 0 fully saturated rings. The van der Waals surface area contributed by atoms with Gasteiger partial charge in [-0.1, -0.05) is 30.3 Å². The summed E-state index contributed by atoms with van der Waals surface area (Å²) < 4.78 is 7.16. The Hall–Kier alpha value is -2.40. The Morgan fingerprint density at radius 1 is 1.27 bits per heavy atom. The van der Waals surface area contributed by atoms with Crippen molar-refractivity contribution in [2.45, 2.75) is 13.8 Å². The van der Waals surface area contributed by atoms with Gasteiger partial charge in [0.25, 0.3) is 0 Å². The van der Waals surface area contributed by atoms with Crippen LogP contribution in [0.15, 0.2) is 37.0 Å². The Balaban J connectivity index is 2.11. The Morgan fingerprint density at radius 3 is 2.68 bits per heavy atom. The van der Waals surface area contributed by atoms with Crippen molar-refractivity contribution in [1.82, 2.24) is 19.8 Å². The molecule has 0 saturated carbocycles. The van der Waals surface area contributed by atoms with Gasteiger partial charge in [-0.3, -0.25) is 0 Å². The molecule has 3 rings (SSSR count). The van der Waals surface area contributed by atoms with Gasteiger partial charge >= 0.3 is 0 Å². The minimum absolute atomic E-state index is 0.498. The Morgan fingerprint density at radius 2 is 2.00 bits per heavy atom. The Labute approximate surface area is 133 Å². The van der Waals surface area contributed by atoms with Crippen molar-refractivity contribution in [3.05, 3.63) is 53.5 Å². The summed E-state index contributed by atoms with van der Waals surface area (Å²) in [5, 5.41) is 13.6. The molecule has 0 aliphatic heterocycles. The number of nitrogens with zero attached hydrogens (tertiary/aromatic N) is 4. The van der Waals surface area contributed by atoms with E-state index in [-0.39, 0.29) is 0 Å². The SMILES string of the molecule is C=C(OCC)c1nnc2c(-c3ccc(Cl)cc3)cnn2c1C. The van der Waals surface area contributed by atoms with Crippen LogP contribution in [0.5, 0.6) is 0 Å². The van der Waals surface area contributed by atoms with E-state index < -0.39 is 0 Å². The van der Waals surface area contributed by atoms with Crippen molar-refractivity contribution in [3.63, 3.8) is 0 Å². The van der Waals surface area contributed by atoms with Crippen molar-refractivity contribution in [3.8, 4) is 11.1 Å². The summed E-state index contributed by atoms with van der Waals surface area (Å²) in [5.41, 5.74) is 4.03. The third kappa shape index (κ3) is 2.44. The largest absolute Gasteiger partial charge is 0.492 e. The molecule has 0 atom stereocenters. The standard InChI is InChI=1S/C16H15ClN4O/c1-4-22-11(3)15-10(2)21-16(20-19-15)14(9-18-21)12-5-7-13(17)8-6-12/h5-9H,3-4H2,1-2H3. The van der Waals surface area contributed by atoms with Crippen LogP contribution in [0.4, 0.5) is 0 Å². The van der Waals surface area contributed by atoms with Crippen LogP contribution in [0.1, 0.15) is 18.3 Å². The maximum Gasteiger partial charge on any atom is 0.185 e. The molecule has 0 radical (unpaired) electrons. The average Bonchev–Trinajstić information content (AvgIpc) is 2.93. The van der Waals surface area contributed by atoms with Crippen molar-refractivity contribution >= 4 is 23.0 Å². The van der Waals surface area contributed by atoms with Gasteiger partial charge in [0.2, 0.25) is 0 Å². The molecule has 22 heavy (non-hydrogen) atoms. The normalized spacial score (nSPS) is 10.9. The van der Waals surface area contributed by atoms with Crippen molar-refractivity contribution in [1.29, 1.82) is 0 Å². The van der Waals surface area contributed by atoms with Crippen LogP contribution in [0, 0.1) is 6.92 Å². The molecule has 6 heteroatoms. The smallest absolute Gasteiger partial charge is 0.185 e. The fourth-order valence-corrected chi connectivity index (χ4v) is 2.41. The molecule has 0 aliphatic carbocycles. The number of ether oxygens (including phenoxy) is 1. The number of halogens is 1. The summed E-state index contributed by atoms with van der Waals surface area (Å²) in [4.78, 5) is 0. The highest BCUT2D eigenvalue weighted by Crippen LogP contribution is 2.26. The van der Waals surface area contributed by atoms with Crippen LogP contribution in [0.3, 0.4) is 0 Å². The first-order valence-corrected chi connectivity index (χ1v) is 7.28. The molecule has 3 aromatic rings. The zero-order chi connectivity index (χ0) is 15.7. The van der Waals surface area contributed by atoms with Crippen molar-refractivity contribution in [2.24, 2.45) is 0 Å². The van der Waals surface area contributed by atoms with Crippen molar-refractivity contribution in [2.75, 3.05) is 6.61 Å². The lowest BCUT2D eigenvalue weighted by atomic mass is 10.1. The maximum atomic E-state index is 5.93. The second kappa shape index (κ2) is 5.77. The molecule has 0 amide bonds. The van der Waals surface area contributed by atoms with Crippen LogP contribution in [0.25, 0.3) is 22.5 Å². The molecule has 1 aromatic carbocycles. The lowest BCUT2D eigenvalue weighted by Crippen LogP contribution is -2.06. The summed E-state index contributed by atoms with van der Waals surface area (Å²) in [7, 11) is 0. The van der Waals surface area contributed by atoms with E-state index in [4.69, 9.17) is 16.3 Å². The average molecular weight is 315 g/mol. The molecular weight excluding hydrogens is 300 g/mol. The van der Waals surface area contributed by atoms with Crippen LogP contribution in [-0.4, -0.2) is 26.4 Å². The molecule has 0 bridgehead atoms. The van der Waals surface area contributed by atoms with E-state index in [1.165, 1.54) is 0 Å². The molecule has 0 N–H and O–H groups in total. The first-order chi connectivity index (χ1) is 10.6. The minimum Gasteiger partial charge on any atom is -0.492 e. The second-order valence-electron chi connectivity index (χ2n) is 4.79. The highest BCUT2D eigenvalue weighted by molar-refractivity contribution is 6.30. The van der Waals surface area contributed by atoms with Crippen LogP contribution in [0.2, 0.25) is 5.02 Å². The summed E-state index contributed by atoms with van der Waals surface area (Å²) >= 11 is 5.93. The number of fused-ring (bicyclic) bond motifs is 1. The molecule has 2 heterocycles.